The lowest BCUT2D eigenvalue weighted by molar-refractivity contribution is -0.286. The molecule has 0 unspecified atom stereocenters. The van der Waals surface area contributed by atoms with E-state index in [1.807, 2.05) is 0 Å². The number of hydrogen-bond donors (Lipinski definition) is 1. The van der Waals surface area contributed by atoms with Crippen molar-refractivity contribution in [1.82, 2.24) is 5.32 Å². The van der Waals surface area contributed by atoms with Crippen molar-refractivity contribution in [3.8, 4) is 11.5 Å². The molecule has 0 fully saturated rings. The fourth-order valence-electron chi connectivity index (χ4n) is 1.26. The third-order valence-corrected chi connectivity index (χ3v) is 1.86. The zero-order chi connectivity index (χ0) is 10.9. The molecule has 0 bridgehead atoms. The second-order valence-electron chi connectivity index (χ2n) is 2.95. The van der Waals surface area contributed by atoms with Crippen molar-refractivity contribution >= 4 is 6.41 Å². The van der Waals surface area contributed by atoms with E-state index in [4.69, 9.17) is 0 Å². The van der Waals surface area contributed by atoms with E-state index in [1.165, 1.54) is 12.1 Å². The highest BCUT2D eigenvalue weighted by Gasteiger charge is 2.43. The van der Waals surface area contributed by atoms with Crippen LogP contribution in [0.2, 0.25) is 0 Å². The molecule has 80 valence electrons. The number of halogens is 2. The van der Waals surface area contributed by atoms with Gasteiger partial charge in [-0.1, -0.05) is 6.07 Å². The van der Waals surface area contributed by atoms with Crippen LogP contribution in [0.1, 0.15) is 5.56 Å². The first-order valence-electron chi connectivity index (χ1n) is 4.16. The minimum Gasteiger partial charge on any atom is -0.395 e. The van der Waals surface area contributed by atoms with Crippen LogP contribution in [0.3, 0.4) is 0 Å². The molecule has 4 nitrogen and oxygen atoms in total. The molecule has 1 aromatic carbocycles. The lowest BCUT2D eigenvalue weighted by Gasteiger charge is -2.04. The number of fused-ring (bicyclic) bond motifs is 1. The molecule has 0 saturated carbocycles. The summed E-state index contributed by atoms with van der Waals surface area (Å²) in [6.45, 7) is 0.256. The molecule has 1 aliphatic heterocycles. The second kappa shape index (κ2) is 3.38. The SMILES string of the molecule is O=CNCc1ccc2c(c1)OC(F)(F)O2. The number of hydrogen-bond acceptors (Lipinski definition) is 3. The van der Waals surface area contributed by atoms with Gasteiger partial charge >= 0.3 is 6.29 Å². The summed E-state index contributed by atoms with van der Waals surface area (Å²) < 4.78 is 33.7. The fourth-order valence-corrected chi connectivity index (χ4v) is 1.26. The smallest absolute Gasteiger partial charge is 0.395 e. The quantitative estimate of drug-likeness (QED) is 0.772. The molecule has 0 atom stereocenters. The third kappa shape index (κ3) is 1.98. The molecule has 1 N–H and O–H groups in total. The molecule has 2 rings (SSSR count). The maximum Gasteiger partial charge on any atom is 0.586 e. The number of rotatable bonds is 3. The topological polar surface area (TPSA) is 47.6 Å². The zero-order valence-electron chi connectivity index (χ0n) is 7.50. The van der Waals surface area contributed by atoms with Crippen molar-refractivity contribution in [2.75, 3.05) is 0 Å². The van der Waals surface area contributed by atoms with Gasteiger partial charge in [-0.2, -0.15) is 0 Å². The van der Waals surface area contributed by atoms with Crippen LogP contribution < -0.4 is 14.8 Å². The van der Waals surface area contributed by atoms with Crippen LogP contribution in [0.4, 0.5) is 8.78 Å². The maximum absolute atomic E-state index is 12.6. The van der Waals surface area contributed by atoms with Crippen LogP contribution in [0.5, 0.6) is 11.5 Å². The predicted octanol–water partition coefficient (Wildman–Crippen LogP) is 1.25. The van der Waals surface area contributed by atoms with E-state index in [-0.39, 0.29) is 18.0 Å². The van der Waals surface area contributed by atoms with Crippen LogP contribution in [0, 0.1) is 0 Å². The summed E-state index contributed by atoms with van der Waals surface area (Å²) in [4.78, 5) is 10.0. The fraction of sp³-hybridized carbons (Fsp3) is 0.222. The van der Waals surface area contributed by atoms with Gasteiger partial charge < -0.3 is 14.8 Å². The summed E-state index contributed by atoms with van der Waals surface area (Å²) in [7, 11) is 0. The van der Waals surface area contributed by atoms with Gasteiger partial charge in [-0.3, -0.25) is 4.79 Å². The van der Waals surface area contributed by atoms with E-state index in [1.54, 1.807) is 6.07 Å². The first-order chi connectivity index (χ1) is 7.11. The highest BCUT2D eigenvalue weighted by atomic mass is 19.3. The van der Waals surface area contributed by atoms with Crippen molar-refractivity contribution in [3.63, 3.8) is 0 Å². The standard InChI is InChI=1S/C9H7F2NO3/c10-9(11)14-7-2-1-6(4-12-5-13)3-8(7)15-9/h1-3,5H,4H2,(H,12,13). The maximum atomic E-state index is 12.6. The van der Waals surface area contributed by atoms with Crippen molar-refractivity contribution in [1.29, 1.82) is 0 Å². The van der Waals surface area contributed by atoms with Gasteiger partial charge in [0.1, 0.15) is 0 Å². The van der Waals surface area contributed by atoms with E-state index in [9.17, 15) is 13.6 Å². The first kappa shape index (κ1) is 9.70. The monoisotopic (exact) mass is 215 g/mol. The Kier molecular flexibility index (Phi) is 2.18. The number of nitrogens with one attached hydrogen (secondary N) is 1. The highest BCUT2D eigenvalue weighted by Crippen LogP contribution is 2.41. The summed E-state index contributed by atoms with van der Waals surface area (Å²) in [5.41, 5.74) is 0.655. The number of alkyl halides is 2. The molecule has 0 saturated heterocycles. The van der Waals surface area contributed by atoms with Crippen molar-refractivity contribution < 1.29 is 23.0 Å². The van der Waals surface area contributed by atoms with Gasteiger partial charge in [-0.25, -0.2) is 0 Å². The Hall–Kier alpha value is -1.85. The molecule has 0 spiro atoms. The number of amides is 1. The minimum absolute atomic E-state index is 0.00477. The normalized spacial score (nSPS) is 16.1. The van der Waals surface area contributed by atoms with E-state index >= 15 is 0 Å². The van der Waals surface area contributed by atoms with E-state index < -0.39 is 6.29 Å². The average Bonchev–Trinajstić information content (AvgIpc) is 2.47. The highest BCUT2D eigenvalue weighted by molar-refractivity contribution is 5.48. The molecular formula is C9H7F2NO3. The van der Waals surface area contributed by atoms with Crippen LogP contribution in [0.25, 0.3) is 0 Å². The number of ether oxygens (including phenoxy) is 2. The van der Waals surface area contributed by atoms with Crippen LogP contribution in [0.15, 0.2) is 18.2 Å². The Morgan fingerprint density at radius 1 is 1.33 bits per heavy atom. The molecule has 6 heteroatoms. The Labute approximate surface area is 83.8 Å². The van der Waals surface area contributed by atoms with Crippen molar-refractivity contribution in [3.05, 3.63) is 23.8 Å². The second-order valence-corrected chi connectivity index (χ2v) is 2.95. The Balaban J connectivity index is 2.18. The molecule has 1 aliphatic rings. The molecule has 0 radical (unpaired) electrons. The van der Waals surface area contributed by atoms with Gasteiger partial charge in [0.15, 0.2) is 11.5 Å². The summed E-state index contributed by atoms with van der Waals surface area (Å²) in [5, 5.41) is 2.41. The van der Waals surface area contributed by atoms with Crippen LogP contribution >= 0.6 is 0 Å². The van der Waals surface area contributed by atoms with Gasteiger partial charge in [0.25, 0.3) is 0 Å². The summed E-state index contributed by atoms with van der Waals surface area (Å²) >= 11 is 0. The van der Waals surface area contributed by atoms with E-state index in [0.717, 1.165) is 0 Å². The molecule has 1 heterocycles. The van der Waals surface area contributed by atoms with Crippen LogP contribution in [-0.2, 0) is 11.3 Å². The van der Waals surface area contributed by atoms with E-state index in [0.29, 0.717) is 12.0 Å². The lowest BCUT2D eigenvalue weighted by Crippen LogP contribution is -2.25. The van der Waals surface area contributed by atoms with Gasteiger partial charge in [0.2, 0.25) is 6.41 Å². The van der Waals surface area contributed by atoms with Crippen molar-refractivity contribution in [2.45, 2.75) is 12.8 Å². The van der Waals surface area contributed by atoms with Gasteiger partial charge in [-0.05, 0) is 17.7 Å². The van der Waals surface area contributed by atoms with Gasteiger partial charge in [0, 0.05) is 6.54 Å². The van der Waals surface area contributed by atoms with Gasteiger partial charge in [0.05, 0.1) is 0 Å². The molecule has 0 aromatic heterocycles. The van der Waals surface area contributed by atoms with Crippen LogP contribution in [-0.4, -0.2) is 12.7 Å². The number of carbonyl (C=O) groups excluding carboxylic acids is 1. The molecule has 0 aliphatic carbocycles. The number of benzene rings is 1. The average molecular weight is 215 g/mol. The number of carbonyl (C=O) groups is 1. The molecule has 1 aromatic rings. The molecule has 15 heavy (non-hydrogen) atoms. The largest absolute Gasteiger partial charge is 0.586 e. The summed E-state index contributed by atoms with van der Waals surface area (Å²) in [6.07, 6.45) is -3.07. The lowest BCUT2D eigenvalue weighted by atomic mass is 10.2. The Bertz CT molecular complexity index is 395. The van der Waals surface area contributed by atoms with E-state index in [2.05, 4.69) is 14.8 Å². The summed E-state index contributed by atoms with van der Waals surface area (Å²) in [5.74, 6) is -0.0277. The zero-order valence-corrected chi connectivity index (χ0v) is 7.50. The van der Waals surface area contributed by atoms with Crippen molar-refractivity contribution in [2.24, 2.45) is 0 Å². The van der Waals surface area contributed by atoms with Gasteiger partial charge in [-0.15, -0.1) is 8.78 Å². The first-order valence-corrected chi connectivity index (χ1v) is 4.16. The third-order valence-electron chi connectivity index (χ3n) is 1.86. The predicted molar refractivity (Wildman–Crippen MR) is 45.5 cm³/mol. The Morgan fingerprint density at radius 3 is 2.80 bits per heavy atom. The molecule has 1 amide bonds. The molecular weight excluding hydrogens is 208 g/mol. The summed E-state index contributed by atoms with van der Waals surface area (Å²) in [6, 6.07) is 4.34. The minimum atomic E-state index is -3.60. The Morgan fingerprint density at radius 2 is 2.07 bits per heavy atom.